The van der Waals surface area contributed by atoms with E-state index in [1.54, 1.807) is 37.4 Å². The van der Waals surface area contributed by atoms with Gasteiger partial charge in [-0.15, -0.1) is 0 Å². The van der Waals surface area contributed by atoms with Crippen LogP contribution in [0.3, 0.4) is 0 Å². The first-order chi connectivity index (χ1) is 11.1. The molecule has 0 aliphatic heterocycles. The molecule has 0 aliphatic rings. The summed E-state index contributed by atoms with van der Waals surface area (Å²) >= 11 is 5.64. The van der Waals surface area contributed by atoms with Crippen molar-refractivity contribution < 1.29 is 18.7 Å². The van der Waals surface area contributed by atoms with Crippen LogP contribution < -0.4 is 20.1 Å². The van der Waals surface area contributed by atoms with Crippen molar-refractivity contribution in [3.63, 3.8) is 0 Å². The van der Waals surface area contributed by atoms with Crippen LogP contribution in [0.2, 0.25) is 5.02 Å². The second-order valence-electron chi connectivity index (χ2n) is 4.51. The largest absolute Gasteiger partial charge is 0.497 e. The standard InChI is InChI=1S/C16H16ClFN2O3/c1-22-11-4-2-5-12(10-11)23-9-8-19-16(21)20-14-7-3-6-13(17)15(14)18/h2-7,10H,8-9H2,1H3,(H2,19,20,21). The summed E-state index contributed by atoms with van der Waals surface area (Å²) in [5.74, 6) is 0.647. The fraction of sp³-hybridized carbons (Fsp3) is 0.188. The molecule has 0 saturated carbocycles. The summed E-state index contributed by atoms with van der Waals surface area (Å²) in [5, 5.41) is 4.89. The summed E-state index contributed by atoms with van der Waals surface area (Å²) < 4.78 is 24.2. The van der Waals surface area contributed by atoms with Crippen molar-refractivity contribution in [1.82, 2.24) is 5.32 Å². The van der Waals surface area contributed by atoms with Gasteiger partial charge in [-0.2, -0.15) is 0 Å². The monoisotopic (exact) mass is 338 g/mol. The van der Waals surface area contributed by atoms with Crippen LogP contribution in [0.5, 0.6) is 11.5 Å². The molecule has 0 fully saturated rings. The fourth-order valence-corrected chi connectivity index (χ4v) is 1.97. The molecule has 0 saturated heterocycles. The molecule has 2 rings (SSSR count). The Hall–Kier alpha value is -2.47. The summed E-state index contributed by atoms with van der Waals surface area (Å²) in [5.41, 5.74) is 0.0173. The number of anilines is 1. The van der Waals surface area contributed by atoms with Gasteiger partial charge in [0.1, 0.15) is 18.1 Å². The van der Waals surface area contributed by atoms with E-state index in [1.807, 2.05) is 0 Å². The van der Waals surface area contributed by atoms with Crippen LogP contribution in [0, 0.1) is 5.82 Å². The van der Waals surface area contributed by atoms with Crippen molar-refractivity contribution >= 4 is 23.3 Å². The normalized spacial score (nSPS) is 10.0. The van der Waals surface area contributed by atoms with Crippen molar-refractivity contribution in [3.8, 4) is 11.5 Å². The SMILES string of the molecule is COc1cccc(OCCNC(=O)Nc2cccc(Cl)c2F)c1. The van der Waals surface area contributed by atoms with E-state index in [-0.39, 0.29) is 23.9 Å². The molecule has 0 aromatic heterocycles. The molecule has 2 aromatic carbocycles. The van der Waals surface area contributed by atoms with E-state index in [1.165, 1.54) is 12.1 Å². The predicted molar refractivity (Wildman–Crippen MR) is 86.9 cm³/mol. The summed E-state index contributed by atoms with van der Waals surface area (Å²) in [6.07, 6.45) is 0. The average molecular weight is 339 g/mol. The Morgan fingerprint density at radius 2 is 1.96 bits per heavy atom. The Labute approximate surface area is 138 Å². The van der Waals surface area contributed by atoms with E-state index in [0.29, 0.717) is 11.5 Å². The Morgan fingerprint density at radius 1 is 1.22 bits per heavy atom. The number of rotatable bonds is 6. The predicted octanol–water partition coefficient (Wildman–Crippen LogP) is 3.69. The molecular formula is C16H16ClFN2O3. The minimum absolute atomic E-state index is 0.0173. The van der Waals surface area contributed by atoms with Crippen LogP contribution in [0.15, 0.2) is 42.5 Å². The number of methoxy groups -OCH3 is 1. The molecule has 0 aliphatic carbocycles. The molecule has 0 radical (unpaired) electrons. The lowest BCUT2D eigenvalue weighted by Gasteiger charge is -2.10. The van der Waals surface area contributed by atoms with Gasteiger partial charge in [0.25, 0.3) is 0 Å². The molecule has 0 bridgehead atoms. The smallest absolute Gasteiger partial charge is 0.319 e. The average Bonchev–Trinajstić information content (AvgIpc) is 2.56. The van der Waals surface area contributed by atoms with Crippen molar-refractivity contribution in [2.45, 2.75) is 0 Å². The second-order valence-corrected chi connectivity index (χ2v) is 4.92. The topological polar surface area (TPSA) is 59.6 Å². The van der Waals surface area contributed by atoms with E-state index in [9.17, 15) is 9.18 Å². The van der Waals surface area contributed by atoms with Crippen molar-refractivity contribution in [1.29, 1.82) is 0 Å². The summed E-state index contributed by atoms with van der Waals surface area (Å²) in [6, 6.07) is 11.0. The minimum atomic E-state index is -0.669. The number of hydrogen-bond acceptors (Lipinski definition) is 3. The molecule has 5 nitrogen and oxygen atoms in total. The number of benzene rings is 2. The number of carbonyl (C=O) groups excluding carboxylic acids is 1. The number of urea groups is 1. The Balaban J connectivity index is 1.75. The summed E-state index contributed by atoms with van der Waals surface area (Å²) in [6.45, 7) is 0.518. The Morgan fingerprint density at radius 3 is 2.74 bits per heavy atom. The van der Waals surface area contributed by atoms with E-state index >= 15 is 0 Å². The maximum absolute atomic E-state index is 13.6. The number of carbonyl (C=O) groups is 1. The first kappa shape index (κ1) is 16.9. The van der Waals surface area contributed by atoms with Crippen LogP contribution >= 0.6 is 11.6 Å². The van der Waals surface area contributed by atoms with Gasteiger partial charge in [0.05, 0.1) is 24.4 Å². The molecule has 0 spiro atoms. The molecule has 0 atom stereocenters. The highest BCUT2D eigenvalue weighted by atomic mass is 35.5. The van der Waals surface area contributed by atoms with Gasteiger partial charge in [-0.05, 0) is 24.3 Å². The zero-order valence-electron chi connectivity index (χ0n) is 12.4. The summed E-state index contributed by atoms with van der Waals surface area (Å²) in [4.78, 5) is 11.7. The Bertz CT molecular complexity index is 682. The van der Waals surface area contributed by atoms with Gasteiger partial charge in [-0.3, -0.25) is 0 Å². The number of nitrogens with one attached hydrogen (secondary N) is 2. The number of amides is 2. The van der Waals surface area contributed by atoms with E-state index in [2.05, 4.69) is 10.6 Å². The van der Waals surface area contributed by atoms with Gasteiger partial charge < -0.3 is 20.1 Å². The number of ether oxygens (including phenoxy) is 2. The van der Waals surface area contributed by atoms with E-state index < -0.39 is 11.8 Å². The van der Waals surface area contributed by atoms with Crippen molar-refractivity contribution in [2.75, 3.05) is 25.6 Å². The molecule has 2 amide bonds. The van der Waals surface area contributed by atoms with Gasteiger partial charge in [-0.1, -0.05) is 23.7 Å². The zero-order chi connectivity index (χ0) is 16.7. The molecule has 23 heavy (non-hydrogen) atoms. The molecule has 2 N–H and O–H groups in total. The van der Waals surface area contributed by atoms with E-state index in [4.69, 9.17) is 21.1 Å². The maximum atomic E-state index is 13.6. The zero-order valence-corrected chi connectivity index (χ0v) is 13.2. The van der Waals surface area contributed by atoms with Gasteiger partial charge in [0.2, 0.25) is 0 Å². The van der Waals surface area contributed by atoms with Crippen molar-refractivity contribution in [2.24, 2.45) is 0 Å². The highest BCUT2D eigenvalue weighted by molar-refractivity contribution is 6.31. The quantitative estimate of drug-likeness (QED) is 0.790. The number of hydrogen-bond donors (Lipinski definition) is 2. The molecule has 0 unspecified atom stereocenters. The first-order valence-corrected chi connectivity index (χ1v) is 7.23. The fourth-order valence-electron chi connectivity index (χ4n) is 1.79. The van der Waals surface area contributed by atoms with Gasteiger partial charge >= 0.3 is 6.03 Å². The lowest BCUT2D eigenvalue weighted by atomic mass is 10.3. The molecule has 7 heteroatoms. The van der Waals surface area contributed by atoms with Crippen LogP contribution in [-0.2, 0) is 0 Å². The molecule has 122 valence electrons. The third kappa shape index (κ3) is 5.03. The van der Waals surface area contributed by atoms with Crippen LogP contribution in [0.4, 0.5) is 14.9 Å². The lowest BCUT2D eigenvalue weighted by Crippen LogP contribution is -2.32. The van der Waals surface area contributed by atoms with Gasteiger partial charge in [-0.25, -0.2) is 9.18 Å². The highest BCUT2D eigenvalue weighted by Gasteiger charge is 2.09. The Kier molecular flexibility index (Phi) is 6.05. The second kappa shape index (κ2) is 8.24. The third-order valence-corrected chi connectivity index (χ3v) is 3.19. The first-order valence-electron chi connectivity index (χ1n) is 6.86. The van der Waals surface area contributed by atoms with Crippen LogP contribution in [0.25, 0.3) is 0 Å². The molecule has 2 aromatic rings. The van der Waals surface area contributed by atoms with Crippen LogP contribution in [0.1, 0.15) is 0 Å². The third-order valence-electron chi connectivity index (χ3n) is 2.90. The van der Waals surface area contributed by atoms with Gasteiger partial charge in [0.15, 0.2) is 5.82 Å². The molecular weight excluding hydrogens is 323 g/mol. The molecule has 0 heterocycles. The van der Waals surface area contributed by atoms with Crippen molar-refractivity contribution in [3.05, 3.63) is 53.3 Å². The lowest BCUT2D eigenvalue weighted by molar-refractivity contribution is 0.247. The van der Waals surface area contributed by atoms with Crippen LogP contribution in [-0.4, -0.2) is 26.3 Å². The minimum Gasteiger partial charge on any atom is -0.497 e. The van der Waals surface area contributed by atoms with Gasteiger partial charge in [0, 0.05) is 6.07 Å². The highest BCUT2D eigenvalue weighted by Crippen LogP contribution is 2.21. The maximum Gasteiger partial charge on any atom is 0.319 e. The van der Waals surface area contributed by atoms with E-state index in [0.717, 1.165) is 0 Å². The summed E-state index contributed by atoms with van der Waals surface area (Å²) in [7, 11) is 1.57. The number of halogens is 2.